The van der Waals surface area contributed by atoms with Gasteiger partial charge in [0.05, 0.1) is 0 Å². The van der Waals surface area contributed by atoms with E-state index in [1.807, 2.05) is 12.1 Å². The van der Waals surface area contributed by atoms with Crippen LogP contribution >= 0.6 is 0 Å². The van der Waals surface area contributed by atoms with Crippen molar-refractivity contribution in [3.63, 3.8) is 0 Å². The maximum absolute atomic E-state index is 12.2. The normalized spacial score (nSPS) is 15.1. The van der Waals surface area contributed by atoms with Gasteiger partial charge in [-0.2, -0.15) is 0 Å². The number of carbonyl (C=O) groups excluding carboxylic acids is 1. The van der Waals surface area contributed by atoms with E-state index in [2.05, 4.69) is 25.8 Å². The summed E-state index contributed by atoms with van der Waals surface area (Å²) in [4.78, 5) is 16.1. The molecular weight excluding hydrogens is 290 g/mol. The van der Waals surface area contributed by atoms with Crippen LogP contribution in [0.25, 0.3) is 0 Å². The molecule has 0 atom stereocenters. The van der Waals surface area contributed by atoms with Gasteiger partial charge in [0.15, 0.2) is 5.69 Å². The highest BCUT2D eigenvalue weighted by Crippen LogP contribution is 2.17. The standard InChI is InChI=1S/C17H21N5O/c23-17(20-14-4-2-1-3-5-14)15-6-7-16(22-21-15)19-12-13-8-10-18-11-9-13/h6-11,14H,1-5,12H2,(H,19,22)(H,20,23). The average Bonchev–Trinajstić information content (AvgIpc) is 2.62. The van der Waals surface area contributed by atoms with Gasteiger partial charge in [0, 0.05) is 25.0 Å². The van der Waals surface area contributed by atoms with Crippen molar-refractivity contribution in [2.45, 2.75) is 44.7 Å². The maximum Gasteiger partial charge on any atom is 0.272 e. The molecule has 0 radical (unpaired) electrons. The van der Waals surface area contributed by atoms with E-state index in [0.29, 0.717) is 18.1 Å². The topological polar surface area (TPSA) is 79.8 Å². The summed E-state index contributed by atoms with van der Waals surface area (Å²) in [5.41, 5.74) is 1.48. The molecule has 0 saturated heterocycles. The Morgan fingerprint density at radius 3 is 2.52 bits per heavy atom. The van der Waals surface area contributed by atoms with Crippen LogP contribution in [0.15, 0.2) is 36.7 Å². The number of rotatable bonds is 5. The second kappa shape index (κ2) is 7.67. The summed E-state index contributed by atoms with van der Waals surface area (Å²) in [7, 11) is 0. The molecule has 2 heterocycles. The summed E-state index contributed by atoms with van der Waals surface area (Å²) < 4.78 is 0. The zero-order valence-electron chi connectivity index (χ0n) is 13.0. The molecule has 1 aliphatic rings. The Morgan fingerprint density at radius 2 is 1.83 bits per heavy atom. The molecular formula is C17H21N5O. The van der Waals surface area contributed by atoms with Gasteiger partial charge in [-0.05, 0) is 42.7 Å². The summed E-state index contributed by atoms with van der Waals surface area (Å²) in [6, 6.07) is 7.64. The second-order valence-corrected chi connectivity index (χ2v) is 5.82. The van der Waals surface area contributed by atoms with Gasteiger partial charge in [-0.1, -0.05) is 19.3 Å². The Morgan fingerprint density at radius 1 is 1.04 bits per heavy atom. The SMILES string of the molecule is O=C(NC1CCCCC1)c1ccc(NCc2ccncc2)nn1. The lowest BCUT2D eigenvalue weighted by Gasteiger charge is -2.22. The predicted octanol–water partition coefficient (Wildman–Crippen LogP) is 2.55. The third-order valence-corrected chi connectivity index (χ3v) is 4.06. The van der Waals surface area contributed by atoms with E-state index < -0.39 is 0 Å². The van der Waals surface area contributed by atoms with Crippen molar-refractivity contribution in [1.29, 1.82) is 0 Å². The van der Waals surface area contributed by atoms with Crippen LogP contribution in [0.5, 0.6) is 0 Å². The third kappa shape index (κ3) is 4.48. The summed E-state index contributed by atoms with van der Waals surface area (Å²) in [5, 5.41) is 14.3. The lowest BCUT2D eigenvalue weighted by molar-refractivity contribution is 0.0921. The number of amides is 1. The zero-order chi connectivity index (χ0) is 15.9. The summed E-state index contributed by atoms with van der Waals surface area (Å²) in [6.45, 7) is 0.644. The highest BCUT2D eigenvalue weighted by Gasteiger charge is 2.17. The van der Waals surface area contributed by atoms with Crippen LogP contribution in [-0.2, 0) is 6.54 Å². The lowest BCUT2D eigenvalue weighted by Crippen LogP contribution is -2.36. The van der Waals surface area contributed by atoms with E-state index in [9.17, 15) is 4.79 Å². The number of pyridine rings is 1. The van der Waals surface area contributed by atoms with Gasteiger partial charge in [0.1, 0.15) is 5.82 Å². The molecule has 2 aromatic rings. The first-order valence-electron chi connectivity index (χ1n) is 8.08. The Hall–Kier alpha value is -2.50. The number of hydrogen-bond donors (Lipinski definition) is 2. The number of aromatic nitrogens is 3. The molecule has 2 N–H and O–H groups in total. The van der Waals surface area contributed by atoms with Crippen molar-refractivity contribution in [3.05, 3.63) is 47.9 Å². The largest absolute Gasteiger partial charge is 0.365 e. The fourth-order valence-electron chi connectivity index (χ4n) is 2.75. The van der Waals surface area contributed by atoms with Gasteiger partial charge < -0.3 is 10.6 Å². The second-order valence-electron chi connectivity index (χ2n) is 5.82. The molecule has 1 saturated carbocycles. The van der Waals surface area contributed by atoms with Crippen LogP contribution in [0.4, 0.5) is 5.82 Å². The van der Waals surface area contributed by atoms with E-state index in [1.54, 1.807) is 24.5 Å². The van der Waals surface area contributed by atoms with Crippen molar-refractivity contribution >= 4 is 11.7 Å². The quantitative estimate of drug-likeness (QED) is 0.887. The van der Waals surface area contributed by atoms with E-state index in [0.717, 1.165) is 18.4 Å². The number of anilines is 1. The van der Waals surface area contributed by atoms with Gasteiger partial charge in [-0.3, -0.25) is 9.78 Å². The summed E-state index contributed by atoms with van der Waals surface area (Å²) >= 11 is 0. The predicted molar refractivity (Wildman–Crippen MR) is 87.9 cm³/mol. The highest BCUT2D eigenvalue weighted by molar-refractivity contribution is 5.92. The lowest BCUT2D eigenvalue weighted by atomic mass is 9.95. The van der Waals surface area contributed by atoms with Crippen LogP contribution in [-0.4, -0.2) is 27.1 Å². The Labute approximate surface area is 135 Å². The molecule has 0 spiro atoms. The van der Waals surface area contributed by atoms with Crippen LogP contribution in [0, 0.1) is 0 Å². The third-order valence-electron chi connectivity index (χ3n) is 4.06. The molecule has 23 heavy (non-hydrogen) atoms. The number of hydrogen-bond acceptors (Lipinski definition) is 5. The zero-order valence-corrected chi connectivity index (χ0v) is 13.0. The molecule has 1 aliphatic carbocycles. The minimum atomic E-state index is -0.134. The summed E-state index contributed by atoms with van der Waals surface area (Å²) in [6.07, 6.45) is 9.27. The van der Waals surface area contributed by atoms with E-state index >= 15 is 0 Å². The molecule has 0 aromatic carbocycles. The van der Waals surface area contributed by atoms with Crippen molar-refractivity contribution < 1.29 is 4.79 Å². The van der Waals surface area contributed by atoms with Crippen molar-refractivity contribution in [1.82, 2.24) is 20.5 Å². The van der Waals surface area contributed by atoms with Crippen molar-refractivity contribution in [2.75, 3.05) is 5.32 Å². The highest BCUT2D eigenvalue weighted by atomic mass is 16.2. The van der Waals surface area contributed by atoms with Gasteiger partial charge >= 0.3 is 0 Å². The summed E-state index contributed by atoms with van der Waals surface area (Å²) in [5.74, 6) is 0.515. The first kappa shape index (κ1) is 15.4. The van der Waals surface area contributed by atoms with E-state index in [-0.39, 0.29) is 11.9 Å². The molecule has 6 nitrogen and oxygen atoms in total. The van der Waals surface area contributed by atoms with Crippen LogP contribution < -0.4 is 10.6 Å². The fraction of sp³-hybridized carbons (Fsp3) is 0.412. The van der Waals surface area contributed by atoms with Gasteiger partial charge in [-0.15, -0.1) is 10.2 Å². The fourth-order valence-corrected chi connectivity index (χ4v) is 2.75. The Kier molecular flexibility index (Phi) is 5.13. The number of carbonyl (C=O) groups is 1. The average molecular weight is 311 g/mol. The maximum atomic E-state index is 12.2. The number of nitrogens with zero attached hydrogens (tertiary/aromatic N) is 3. The molecule has 1 amide bonds. The first-order valence-corrected chi connectivity index (χ1v) is 8.08. The molecule has 6 heteroatoms. The van der Waals surface area contributed by atoms with E-state index in [4.69, 9.17) is 0 Å². The van der Waals surface area contributed by atoms with Crippen LogP contribution in [0.3, 0.4) is 0 Å². The molecule has 2 aromatic heterocycles. The first-order chi connectivity index (χ1) is 11.3. The van der Waals surface area contributed by atoms with E-state index in [1.165, 1.54) is 19.3 Å². The molecule has 0 bridgehead atoms. The van der Waals surface area contributed by atoms with Crippen LogP contribution in [0.1, 0.15) is 48.2 Å². The molecule has 0 aliphatic heterocycles. The number of nitrogens with one attached hydrogen (secondary N) is 2. The van der Waals surface area contributed by atoms with Gasteiger partial charge in [-0.25, -0.2) is 0 Å². The van der Waals surface area contributed by atoms with Crippen LogP contribution in [0.2, 0.25) is 0 Å². The monoisotopic (exact) mass is 311 g/mol. The van der Waals surface area contributed by atoms with Crippen molar-refractivity contribution in [3.8, 4) is 0 Å². The Balaban J connectivity index is 1.52. The van der Waals surface area contributed by atoms with Crippen molar-refractivity contribution in [2.24, 2.45) is 0 Å². The molecule has 3 rings (SSSR count). The molecule has 120 valence electrons. The smallest absolute Gasteiger partial charge is 0.272 e. The molecule has 1 fully saturated rings. The molecule has 0 unspecified atom stereocenters. The Bertz CT molecular complexity index is 623. The minimum Gasteiger partial charge on any atom is -0.365 e. The minimum absolute atomic E-state index is 0.134. The van der Waals surface area contributed by atoms with Gasteiger partial charge in [0.25, 0.3) is 5.91 Å². The van der Waals surface area contributed by atoms with Gasteiger partial charge in [0.2, 0.25) is 0 Å².